The van der Waals surface area contributed by atoms with E-state index in [1.165, 1.54) is 11.3 Å². The standard InChI is InChI=1S/C14H16N2O2S/c1-14(2,3)11-9-19-12(15-11)16-13(17)18-10-7-5-4-6-8-10/h4-9H,1-3H3,(H,15,16,17). The predicted octanol–water partition coefficient (Wildman–Crippen LogP) is 4.05. The third-order valence-electron chi connectivity index (χ3n) is 2.44. The minimum atomic E-state index is -0.527. The van der Waals surface area contributed by atoms with Gasteiger partial charge in [0.25, 0.3) is 0 Å². The van der Waals surface area contributed by atoms with Crippen LogP contribution in [0.1, 0.15) is 26.5 Å². The van der Waals surface area contributed by atoms with E-state index in [0.717, 1.165) is 5.69 Å². The first kappa shape index (κ1) is 13.5. The molecule has 0 saturated carbocycles. The highest BCUT2D eigenvalue weighted by Gasteiger charge is 2.18. The van der Waals surface area contributed by atoms with Gasteiger partial charge in [0.05, 0.1) is 5.69 Å². The molecule has 5 heteroatoms. The Morgan fingerprint density at radius 3 is 2.53 bits per heavy atom. The van der Waals surface area contributed by atoms with Crippen molar-refractivity contribution in [3.63, 3.8) is 0 Å². The lowest BCUT2D eigenvalue weighted by atomic mass is 9.93. The van der Waals surface area contributed by atoms with Gasteiger partial charge in [0.1, 0.15) is 5.75 Å². The number of para-hydroxylation sites is 1. The summed E-state index contributed by atoms with van der Waals surface area (Å²) in [6.45, 7) is 6.23. The molecule has 0 aliphatic carbocycles. The largest absolute Gasteiger partial charge is 0.418 e. The number of aromatic nitrogens is 1. The smallest absolute Gasteiger partial charge is 0.410 e. The van der Waals surface area contributed by atoms with E-state index >= 15 is 0 Å². The molecule has 1 aromatic heterocycles. The number of ether oxygens (including phenoxy) is 1. The molecule has 100 valence electrons. The molecular weight excluding hydrogens is 260 g/mol. The molecule has 1 N–H and O–H groups in total. The zero-order chi connectivity index (χ0) is 13.9. The van der Waals surface area contributed by atoms with Crippen LogP contribution in [-0.2, 0) is 5.41 Å². The van der Waals surface area contributed by atoms with Crippen LogP contribution in [-0.4, -0.2) is 11.1 Å². The molecule has 4 nitrogen and oxygen atoms in total. The van der Waals surface area contributed by atoms with Crippen LogP contribution in [0.4, 0.5) is 9.93 Å². The molecule has 0 spiro atoms. The summed E-state index contributed by atoms with van der Waals surface area (Å²) in [7, 11) is 0. The summed E-state index contributed by atoms with van der Waals surface area (Å²) in [4.78, 5) is 16.0. The fourth-order valence-corrected chi connectivity index (χ4v) is 2.31. The number of thiazole rings is 1. The van der Waals surface area contributed by atoms with E-state index in [9.17, 15) is 4.79 Å². The maximum Gasteiger partial charge on any atom is 0.418 e. The zero-order valence-electron chi connectivity index (χ0n) is 11.1. The predicted molar refractivity (Wildman–Crippen MR) is 76.9 cm³/mol. The Morgan fingerprint density at radius 2 is 1.95 bits per heavy atom. The van der Waals surface area contributed by atoms with Gasteiger partial charge in [-0.05, 0) is 12.1 Å². The number of carbonyl (C=O) groups is 1. The molecule has 1 amide bonds. The average Bonchev–Trinajstić information content (AvgIpc) is 2.78. The second-order valence-electron chi connectivity index (χ2n) is 5.12. The lowest BCUT2D eigenvalue weighted by molar-refractivity contribution is 0.215. The molecule has 0 bridgehead atoms. The number of hydrogen-bond donors (Lipinski definition) is 1. The van der Waals surface area contributed by atoms with Crippen molar-refractivity contribution in [3.8, 4) is 5.75 Å². The van der Waals surface area contributed by atoms with Crippen LogP contribution in [0.5, 0.6) is 5.75 Å². The van der Waals surface area contributed by atoms with Crippen LogP contribution < -0.4 is 10.1 Å². The number of carbonyl (C=O) groups excluding carboxylic acids is 1. The highest BCUT2D eigenvalue weighted by molar-refractivity contribution is 7.13. The van der Waals surface area contributed by atoms with Crippen molar-refractivity contribution >= 4 is 22.6 Å². The summed E-state index contributed by atoms with van der Waals surface area (Å²) < 4.78 is 5.13. The van der Waals surface area contributed by atoms with Crippen LogP contribution >= 0.6 is 11.3 Å². The zero-order valence-corrected chi connectivity index (χ0v) is 12.0. The normalized spacial score (nSPS) is 11.1. The summed E-state index contributed by atoms with van der Waals surface area (Å²) >= 11 is 1.39. The molecule has 1 aromatic carbocycles. The fraction of sp³-hybridized carbons (Fsp3) is 0.286. The SMILES string of the molecule is CC(C)(C)c1csc(NC(=O)Oc2ccccc2)n1. The van der Waals surface area contributed by atoms with Crippen molar-refractivity contribution in [2.75, 3.05) is 5.32 Å². The number of nitrogens with zero attached hydrogens (tertiary/aromatic N) is 1. The van der Waals surface area contributed by atoms with Gasteiger partial charge in [0, 0.05) is 10.8 Å². The fourth-order valence-electron chi connectivity index (χ4n) is 1.38. The first-order chi connectivity index (χ1) is 8.95. The third-order valence-corrected chi connectivity index (χ3v) is 3.19. The van der Waals surface area contributed by atoms with Crippen molar-refractivity contribution in [2.45, 2.75) is 26.2 Å². The molecule has 0 saturated heterocycles. The van der Waals surface area contributed by atoms with E-state index in [1.54, 1.807) is 12.1 Å². The average molecular weight is 276 g/mol. The first-order valence-corrected chi connectivity index (χ1v) is 6.83. The summed E-state index contributed by atoms with van der Waals surface area (Å²) in [6.07, 6.45) is -0.527. The minimum absolute atomic E-state index is 0.0280. The minimum Gasteiger partial charge on any atom is -0.410 e. The molecular formula is C14H16N2O2S. The molecule has 2 aromatic rings. The lowest BCUT2D eigenvalue weighted by Crippen LogP contribution is -2.17. The van der Waals surface area contributed by atoms with Crippen molar-refractivity contribution in [1.29, 1.82) is 0 Å². The van der Waals surface area contributed by atoms with E-state index in [0.29, 0.717) is 10.9 Å². The van der Waals surface area contributed by atoms with Gasteiger partial charge >= 0.3 is 6.09 Å². The summed E-state index contributed by atoms with van der Waals surface area (Å²) in [5.74, 6) is 0.507. The monoisotopic (exact) mass is 276 g/mol. The molecule has 0 aliphatic heterocycles. The number of hydrogen-bond acceptors (Lipinski definition) is 4. The topological polar surface area (TPSA) is 51.2 Å². The van der Waals surface area contributed by atoms with Crippen LogP contribution in [0.15, 0.2) is 35.7 Å². The summed E-state index contributed by atoms with van der Waals surface area (Å²) in [5, 5.41) is 5.12. The Hall–Kier alpha value is -1.88. The van der Waals surface area contributed by atoms with Gasteiger partial charge < -0.3 is 4.74 Å². The second kappa shape index (κ2) is 5.40. The Bertz CT molecular complexity index is 558. The van der Waals surface area contributed by atoms with Gasteiger partial charge in [-0.15, -0.1) is 11.3 Å². The van der Waals surface area contributed by atoms with Gasteiger partial charge in [-0.2, -0.15) is 0 Å². The van der Waals surface area contributed by atoms with Crippen LogP contribution in [0.2, 0.25) is 0 Å². The lowest BCUT2D eigenvalue weighted by Gasteiger charge is -2.14. The summed E-state index contributed by atoms with van der Waals surface area (Å²) in [6, 6.07) is 8.93. The quantitative estimate of drug-likeness (QED) is 0.900. The molecule has 0 aliphatic rings. The number of amides is 1. The second-order valence-corrected chi connectivity index (χ2v) is 5.97. The van der Waals surface area contributed by atoms with Gasteiger partial charge in [-0.1, -0.05) is 39.0 Å². The van der Waals surface area contributed by atoms with Crippen molar-refractivity contribution in [3.05, 3.63) is 41.4 Å². The highest BCUT2D eigenvalue weighted by atomic mass is 32.1. The van der Waals surface area contributed by atoms with Crippen LogP contribution in [0.3, 0.4) is 0 Å². The Balaban J connectivity index is 1.98. The Morgan fingerprint density at radius 1 is 1.26 bits per heavy atom. The molecule has 0 unspecified atom stereocenters. The number of benzene rings is 1. The van der Waals surface area contributed by atoms with Crippen LogP contribution in [0.25, 0.3) is 0 Å². The maximum atomic E-state index is 11.7. The maximum absolute atomic E-state index is 11.7. The Labute approximate surface area is 116 Å². The van der Waals surface area contributed by atoms with E-state index in [2.05, 4.69) is 31.1 Å². The number of rotatable bonds is 2. The van der Waals surface area contributed by atoms with E-state index in [4.69, 9.17) is 4.74 Å². The molecule has 2 rings (SSSR count). The van der Waals surface area contributed by atoms with Gasteiger partial charge in [-0.25, -0.2) is 9.78 Å². The Kier molecular flexibility index (Phi) is 3.85. The van der Waals surface area contributed by atoms with Crippen molar-refractivity contribution in [1.82, 2.24) is 4.98 Å². The first-order valence-electron chi connectivity index (χ1n) is 5.95. The molecule has 1 heterocycles. The highest BCUT2D eigenvalue weighted by Crippen LogP contribution is 2.26. The van der Waals surface area contributed by atoms with E-state index < -0.39 is 6.09 Å². The van der Waals surface area contributed by atoms with Crippen molar-refractivity contribution in [2.24, 2.45) is 0 Å². The third kappa shape index (κ3) is 3.79. The number of nitrogens with one attached hydrogen (secondary N) is 1. The molecule has 0 radical (unpaired) electrons. The van der Waals surface area contributed by atoms with E-state index in [1.807, 2.05) is 23.6 Å². The molecule has 0 fully saturated rings. The molecule has 19 heavy (non-hydrogen) atoms. The number of anilines is 1. The van der Waals surface area contributed by atoms with Gasteiger partial charge in [0.2, 0.25) is 0 Å². The van der Waals surface area contributed by atoms with Gasteiger partial charge in [-0.3, -0.25) is 5.32 Å². The van der Waals surface area contributed by atoms with E-state index in [-0.39, 0.29) is 5.41 Å². The molecule has 0 atom stereocenters. The van der Waals surface area contributed by atoms with Crippen LogP contribution in [0, 0.1) is 0 Å². The van der Waals surface area contributed by atoms with Crippen molar-refractivity contribution < 1.29 is 9.53 Å². The summed E-state index contributed by atoms with van der Waals surface area (Å²) in [5.41, 5.74) is 0.923. The van der Waals surface area contributed by atoms with Gasteiger partial charge in [0.15, 0.2) is 5.13 Å².